The summed E-state index contributed by atoms with van der Waals surface area (Å²) in [7, 11) is 0. The number of thiophene rings is 1. The first-order valence-corrected chi connectivity index (χ1v) is 12.0. The molecule has 3 heterocycles. The van der Waals surface area contributed by atoms with E-state index in [0.717, 1.165) is 41.1 Å². The van der Waals surface area contributed by atoms with Gasteiger partial charge in [-0.2, -0.15) is 0 Å². The van der Waals surface area contributed by atoms with Gasteiger partial charge in [-0.3, -0.25) is 9.59 Å². The minimum absolute atomic E-state index is 0.0194. The fourth-order valence-corrected chi connectivity index (χ4v) is 5.45. The zero-order valence-electron chi connectivity index (χ0n) is 15.7. The summed E-state index contributed by atoms with van der Waals surface area (Å²) in [5.74, 6) is 0.434. The molecule has 0 radical (unpaired) electrons. The number of aromatic nitrogens is 2. The molecule has 0 spiro atoms. The average molecular weight is 445 g/mol. The van der Waals surface area contributed by atoms with E-state index in [9.17, 15) is 9.59 Å². The van der Waals surface area contributed by atoms with Crippen LogP contribution in [0.15, 0.2) is 46.1 Å². The van der Waals surface area contributed by atoms with E-state index < -0.39 is 0 Å². The van der Waals surface area contributed by atoms with Gasteiger partial charge in [0.15, 0.2) is 10.1 Å². The molecule has 2 aromatic heterocycles. The van der Waals surface area contributed by atoms with Gasteiger partial charge in [-0.05, 0) is 36.4 Å². The molecule has 1 amide bonds. The lowest BCUT2D eigenvalue weighted by Gasteiger charge is -2.16. The van der Waals surface area contributed by atoms with Crippen LogP contribution in [0.4, 0.5) is 10.8 Å². The van der Waals surface area contributed by atoms with Crippen LogP contribution in [-0.2, 0) is 11.2 Å². The molecular formula is C20H20N4O2S3. The number of rotatable bonds is 9. The average Bonchev–Trinajstić information content (AvgIpc) is 3.49. The molecule has 4 rings (SSSR count). The van der Waals surface area contributed by atoms with E-state index in [2.05, 4.69) is 33.0 Å². The second-order valence-electron chi connectivity index (χ2n) is 6.54. The number of nitrogens with zero attached hydrogens (tertiary/aromatic N) is 3. The van der Waals surface area contributed by atoms with Gasteiger partial charge in [0.1, 0.15) is 0 Å². The number of Topliss-reactive ketones (excluding diaryl/α,β-unsaturated/α-hetero) is 1. The van der Waals surface area contributed by atoms with Crippen molar-refractivity contribution in [3.8, 4) is 0 Å². The Bertz CT molecular complexity index is 987. The van der Waals surface area contributed by atoms with Crippen molar-refractivity contribution in [1.82, 2.24) is 10.2 Å². The number of amides is 1. The summed E-state index contributed by atoms with van der Waals surface area (Å²) in [6, 6.07) is 11.5. The lowest BCUT2D eigenvalue weighted by Crippen LogP contribution is -2.23. The molecule has 1 aliphatic rings. The molecule has 6 nitrogen and oxygen atoms in total. The maximum Gasteiger partial charge on any atom is 0.227 e. The van der Waals surface area contributed by atoms with Crippen LogP contribution in [0, 0.1) is 0 Å². The highest BCUT2D eigenvalue weighted by Crippen LogP contribution is 2.27. The number of benzene rings is 1. The van der Waals surface area contributed by atoms with Crippen molar-refractivity contribution in [2.45, 2.75) is 23.6 Å². The van der Waals surface area contributed by atoms with Crippen LogP contribution >= 0.6 is 34.4 Å². The summed E-state index contributed by atoms with van der Waals surface area (Å²) in [6.45, 7) is 1.53. The van der Waals surface area contributed by atoms with Crippen LogP contribution in [0.5, 0.6) is 0 Å². The van der Waals surface area contributed by atoms with Crippen LogP contribution in [0.2, 0.25) is 0 Å². The predicted molar refractivity (Wildman–Crippen MR) is 120 cm³/mol. The Kier molecular flexibility index (Phi) is 6.58. The highest BCUT2D eigenvalue weighted by molar-refractivity contribution is 8.01. The number of hydrogen-bond acceptors (Lipinski definition) is 8. The second-order valence-corrected chi connectivity index (χ2v) is 9.77. The van der Waals surface area contributed by atoms with E-state index >= 15 is 0 Å². The standard InChI is InChI=1S/C20H20N4O2S3/c25-17(14-4-1-5-15(12-14)24-10-2-7-18(24)26)13-28-20-23-22-19(29-20)21-9-8-16-6-3-11-27-16/h1,3-6,11-12H,2,7-10,13H2,(H,21,22). The van der Waals surface area contributed by atoms with Crippen LogP contribution in [0.3, 0.4) is 0 Å². The largest absolute Gasteiger partial charge is 0.360 e. The molecule has 0 saturated carbocycles. The van der Waals surface area contributed by atoms with Gasteiger partial charge < -0.3 is 10.2 Å². The molecule has 3 aromatic rings. The zero-order chi connectivity index (χ0) is 20.1. The van der Waals surface area contributed by atoms with E-state index in [4.69, 9.17) is 0 Å². The highest BCUT2D eigenvalue weighted by atomic mass is 32.2. The van der Waals surface area contributed by atoms with E-state index in [0.29, 0.717) is 17.7 Å². The van der Waals surface area contributed by atoms with Crippen LogP contribution in [0.1, 0.15) is 28.1 Å². The molecule has 0 atom stereocenters. The Morgan fingerprint density at radius 2 is 2.17 bits per heavy atom. The SMILES string of the molecule is O=C(CSc1nnc(NCCc2cccs2)s1)c1cccc(N2CCCC2=O)c1. The van der Waals surface area contributed by atoms with Gasteiger partial charge >= 0.3 is 0 Å². The first-order valence-electron chi connectivity index (χ1n) is 9.35. The minimum Gasteiger partial charge on any atom is -0.360 e. The van der Waals surface area contributed by atoms with Crippen molar-refractivity contribution in [1.29, 1.82) is 0 Å². The quantitative estimate of drug-likeness (QED) is 0.390. The normalized spacial score (nSPS) is 13.8. The Morgan fingerprint density at radius 3 is 2.97 bits per heavy atom. The number of carbonyl (C=O) groups is 2. The summed E-state index contributed by atoms with van der Waals surface area (Å²) in [5.41, 5.74) is 1.42. The summed E-state index contributed by atoms with van der Waals surface area (Å²) in [5, 5.41) is 14.4. The fraction of sp³-hybridized carbons (Fsp3) is 0.300. The first kappa shape index (κ1) is 20.1. The number of nitrogens with one attached hydrogen (secondary N) is 1. The maximum atomic E-state index is 12.6. The van der Waals surface area contributed by atoms with Crippen LogP contribution in [0.25, 0.3) is 0 Å². The minimum atomic E-state index is 0.0194. The number of ketones is 1. The zero-order valence-corrected chi connectivity index (χ0v) is 18.1. The predicted octanol–water partition coefficient (Wildman–Crippen LogP) is 4.36. The van der Waals surface area contributed by atoms with Gasteiger partial charge in [-0.15, -0.1) is 21.5 Å². The summed E-state index contributed by atoms with van der Waals surface area (Å²) in [4.78, 5) is 27.6. The summed E-state index contributed by atoms with van der Waals surface area (Å²) >= 11 is 4.60. The van der Waals surface area contributed by atoms with E-state index in [-0.39, 0.29) is 11.7 Å². The molecule has 1 saturated heterocycles. The smallest absolute Gasteiger partial charge is 0.227 e. The molecule has 0 aliphatic carbocycles. The Labute approximate surface area is 181 Å². The third kappa shape index (κ3) is 5.23. The van der Waals surface area contributed by atoms with Crippen LogP contribution < -0.4 is 10.2 Å². The lowest BCUT2D eigenvalue weighted by atomic mass is 10.1. The molecule has 1 aliphatic heterocycles. The second kappa shape index (κ2) is 9.51. The molecular weight excluding hydrogens is 424 g/mol. The van der Waals surface area contributed by atoms with Crippen molar-refractivity contribution in [2.24, 2.45) is 0 Å². The molecule has 1 N–H and O–H groups in total. The fourth-order valence-electron chi connectivity index (χ4n) is 3.07. The first-order chi connectivity index (χ1) is 14.2. The van der Waals surface area contributed by atoms with Gasteiger partial charge in [-0.25, -0.2) is 0 Å². The van der Waals surface area contributed by atoms with Crippen molar-refractivity contribution in [3.63, 3.8) is 0 Å². The summed E-state index contributed by atoms with van der Waals surface area (Å²) < 4.78 is 0.767. The van der Waals surface area contributed by atoms with Gasteiger partial charge in [-0.1, -0.05) is 41.3 Å². The molecule has 29 heavy (non-hydrogen) atoms. The Balaban J connectivity index is 1.28. The molecule has 150 valence electrons. The van der Waals surface area contributed by atoms with Crippen molar-refractivity contribution in [3.05, 3.63) is 52.2 Å². The third-order valence-electron chi connectivity index (χ3n) is 4.51. The number of thioether (sulfide) groups is 1. The maximum absolute atomic E-state index is 12.6. The van der Waals surface area contributed by atoms with Gasteiger partial charge in [0.25, 0.3) is 0 Å². The molecule has 1 aromatic carbocycles. The summed E-state index contributed by atoms with van der Waals surface area (Å²) in [6.07, 6.45) is 2.40. The van der Waals surface area contributed by atoms with Gasteiger partial charge in [0.05, 0.1) is 5.75 Å². The topological polar surface area (TPSA) is 75.2 Å². The van der Waals surface area contributed by atoms with Crippen molar-refractivity contribution in [2.75, 3.05) is 29.1 Å². The monoisotopic (exact) mass is 444 g/mol. The van der Waals surface area contributed by atoms with Gasteiger partial charge in [0.2, 0.25) is 11.0 Å². The van der Waals surface area contributed by atoms with Crippen LogP contribution in [-0.4, -0.2) is 40.7 Å². The van der Waals surface area contributed by atoms with E-state index in [1.165, 1.54) is 28.0 Å². The van der Waals surface area contributed by atoms with Crippen molar-refractivity contribution < 1.29 is 9.59 Å². The molecule has 0 bridgehead atoms. The highest BCUT2D eigenvalue weighted by Gasteiger charge is 2.22. The van der Waals surface area contributed by atoms with E-state index in [1.54, 1.807) is 22.3 Å². The molecule has 1 fully saturated rings. The number of anilines is 2. The Morgan fingerprint density at radius 1 is 1.24 bits per heavy atom. The number of hydrogen-bond donors (Lipinski definition) is 1. The third-order valence-corrected chi connectivity index (χ3v) is 7.46. The molecule has 9 heteroatoms. The number of carbonyl (C=O) groups excluding carboxylic acids is 2. The Hall–Kier alpha value is -2.23. The van der Waals surface area contributed by atoms with E-state index in [1.807, 2.05) is 18.2 Å². The van der Waals surface area contributed by atoms with Crippen molar-refractivity contribution >= 4 is 56.9 Å². The lowest BCUT2D eigenvalue weighted by molar-refractivity contribution is -0.117. The van der Waals surface area contributed by atoms with Gasteiger partial charge in [0, 0.05) is 35.6 Å². The molecule has 0 unspecified atom stereocenters.